The van der Waals surface area contributed by atoms with Gasteiger partial charge in [0.2, 0.25) is 0 Å². The maximum absolute atomic E-state index is 13.8. The maximum Gasteiger partial charge on any atom is 0.417 e. The number of imide groups is 1. The van der Waals surface area contributed by atoms with Gasteiger partial charge in [-0.2, -0.15) is 0 Å². The Morgan fingerprint density at radius 1 is 1.11 bits per heavy atom. The van der Waals surface area contributed by atoms with Crippen molar-refractivity contribution in [2.45, 2.75) is 38.0 Å². The van der Waals surface area contributed by atoms with Gasteiger partial charge < -0.3 is 9.47 Å². The van der Waals surface area contributed by atoms with E-state index in [1.165, 1.54) is 24.5 Å². The van der Waals surface area contributed by atoms with Crippen LogP contribution in [0.2, 0.25) is 0 Å². The molecule has 0 unspecified atom stereocenters. The van der Waals surface area contributed by atoms with Crippen LogP contribution in [0, 0.1) is 5.82 Å². The molecular weight excluding hydrogens is 451 g/mol. The van der Waals surface area contributed by atoms with E-state index >= 15 is 0 Å². The highest BCUT2D eigenvalue weighted by Crippen LogP contribution is 2.35. The molecule has 1 saturated heterocycles. The zero-order chi connectivity index (χ0) is 24.9. The molecule has 8 nitrogen and oxygen atoms in total. The third-order valence-corrected chi connectivity index (χ3v) is 5.64. The van der Waals surface area contributed by atoms with E-state index in [9.17, 15) is 14.0 Å². The molecule has 0 spiro atoms. The minimum atomic E-state index is -1.13. The van der Waals surface area contributed by atoms with Crippen molar-refractivity contribution in [1.29, 1.82) is 0 Å². The fourth-order valence-corrected chi connectivity index (χ4v) is 4.04. The van der Waals surface area contributed by atoms with Crippen LogP contribution in [0.1, 0.15) is 42.5 Å². The number of amides is 2. The SMILES string of the molecule is C=N[C@H](C(=O)N1C(=O)OC[C@@H]1c1ccccc1)[C@@H](c1ccc(F)cc1)c1cnc(OC(C)C)nc1. The zero-order valence-corrected chi connectivity index (χ0v) is 19.4. The smallest absolute Gasteiger partial charge is 0.417 e. The fraction of sp³-hybridized carbons (Fsp3) is 0.269. The first-order chi connectivity index (χ1) is 16.9. The van der Waals surface area contributed by atoms with E-state index in [-0.39, 0.29) is 18.7 Å². The predicted molar refractivity (Wildman–Crippen MR) is 127 cm³/mol. The lowest BCUT2D eigenvalue weighted by Crippen LogP contribution is -2.43. The highest BCUT2D eigenvalue weighted by Gasteiger charge is 2.44. The van der Waals surface area contributed by atoms with E-state index in [0.29, 0.717) is 11.1 Å². The maximum atomic E-state index is 13.8. The molecule has 1 aromatic heterocycles. The zero-order valence-electron chi connectivity index (χ0n) is 19.4. The molecule has 180 valence electrons. The number of carbonyl (C=O) groups is 2. The molecule has 2 heterocycles. The molecule has 3 aromatic rings. The monoisotopic (exact) mass is 476 g/mol. The molecule has 0 saturated carbocycles. The van der Waals surface area contributed by atoms with Crippen LogP contribution in [0.15, 0.2) is 72.0 Å². The van der Waals surface area contributed by atoms with Crippen LogP contribution in [0.4, 0.5) is 9.18 Å². The van der Waals surface area contributed by atoms with Crippen LogP contribution < -0.4 is 4.74 Å². The van der Waals surface area contributed by atoms with Crippen molar-refractivity contribution in [2.24, 2.45) is 4.99 Å². The molecule has 3 atom stereocenters. The predicted octanol–water partition coefficient (Wildman–Crippen LogP) is 4.32. The molecular formula is C26H25FN4O4. The number of benzene rings is 2. The summed E-state index contributed by atoms with van der Waals surface area (Å²) in [6.07, 6.45) is 2.18. The average molecular weight is 477 g/mol. The number of aromatic nitrogens is 2. The van der Waals surface area contributed by atoms with Crippen molar-refractivity contribution in [3.05, 3.63) is 89.5 Å². The third-order valence-electron chi connectivity index (χ3n) is 5.64. The van der Waals surface area contributed by atoms with Gasteiger partial charge in [0.15, 0.2) is 0 Å². The van der Waals surface area contributed by atoms with Crippen LogP contribution >= 0.6 is 0 Å². The van der Waals surface area contributed by atoms with Gasteiger partial charge in [-0.1, -0.05) is 42.5 Å². The highest BCUT2D eigenvalue weighted by atomic mass is 19.1. The second-order valence-corrected chi connectivity index (χ2v) is 8.33. The van der Waals surface area contributed by atoms with Crippen molar-refractivity contribution in [1.82, 2.24) is 14.9 Å². The van der Waals surface area contributed by atoms with Crippen LogP contribution in [-0.2, 0) is 9.53 Å². The molecule has 1 aliphatic rings. The number of halogens is 1. The van der Waals surface area contributed by atoms with Gasteiger partial charge in [0.1, 0.15) is 24.5 Å². The minimum Gasteiger partial charge on any atom is -0.461 e. The van der Waals surface area contributed by atoms with Crippen LogP contribution in [-0.4, -0.2) is 52.3 Å². The van der Waals surface area contributed by atoms with Crippen molar-refractivity contribution < 1.29 is 23.5 Å². The summed E-state index contributed by atoms with van der Waals surface area (Å²) >= 11 is 0. The summed E-state index contributed by atoms with van der Waals surface area (Å²) < 4.78 is 24.4. The lowest BCUT2D eigenvalue weighted by Gasteiger charge is -2.28. The summed E-state index contributed by atoms with van der Waals surface area (Å²) in [4.78, 5) is 40.1. The molecule has 2 aromatic carbocycles. The normalized spacial score (nSPS) is 17.1. The largest absolute Gasteiger partial charge is 0.461 e. The second kappa shape index (κ2) is 10.4. The number of nitrogens with zero attached hydrogens (tertiary/aromatic N) is 4. The molecule has 0 radical (unpaired) electrons. The van der Waals surface area contributed by atoms with Gasteiger partial charge in [-0.05, 0) is 49.4 Å². The number of cyclic esters (lactones) is 1. The van der Waals surface area contributed by atoms with Crippen LogP contribution in [0.25, 0.3) is 0 Å². The Morgan fingerprint density at radius 2 is 1.77 bits per heavy atom. The molecule has 2 amide bonds. The van der Waals surface area contributed by atoms with Gasteiger partial charge >= 0.3 is 12.1 Å². The molecule has 0 N–H and O–H groups in total. The number of aliphatic imine (C=N–C) groups is 1. The minimum absolute atomic E-state index is 0.0318. The summed E-state index contributed by atoms with van der Waals surface area (Å²) in [5.41, 5.74) is 1.87. The molecule has 35 heavy (non-hydrogen) atoms. The Hall–Kier alpha value is -4.14. The number of hydrogen-bond donors (Lipinski definition) is 0. The second-order valence-electron chi connectivity index (χ2n) is 8.33. The van der Waals surface area contributed by atoms with E-state index in [2.05, 4.69) is 21.7 Å². The van der Waals surface area contributed by atoms with Crippen molar-refractivity contribution in [3.63, 3.8) is 0 Å². The summed E-state index contributed by atoms with van der Waals surface area (Å²) in [7, 11) is 0. The molecule has 1 fully saturated rings. The topological polar surface area (TPSA) is 94.0 Å². The first-order valence-electron chi connectivity index (χ1n) is 11.1. The standard InChI is InChI=1S/C26H25FN4O4/c1-16(2)35-25-29-13-19(14-30-25)22(18-9-11-20(27)12-10-18)23(28-3)24(32)31-21(15-34-26(31)33)17-7-5-4-6-8-17/h4-14,16,21-23H,3,15H2,1-2H3/t21-,22+,23+/m1/s1. The number of hydrogen-bond acceptors (Lipinski definition) is 7. The van der Waals surface area contributed by atoms with E-state index in [1.807, 2.05) is 44.2 Å². The number of rotatable bonds is 8. The average Bonchev–Trinajstić information content (AvgIpc) is 3.25. The summed E-state index contributed by atoms with van der Waals surface area (Å²) in [6.45, 7) is 7.37. The molecule has 0 bridgehead atoms. The van der Waals surface area contributed by atoms with Gasteiger partial charge in [0.25, 0.3) is 5.91 Å². The van der Waals surface area contributed by atoms with E-state index < -0.39 is 35.8 Å². The third kappa shape index (κ3) is 5.18. The first-order valence-corrected chi connectivity index (χ1v) is 11.1. The molecule has 4 rings (SSSR count). The fourth-order valence-electron chi connectivity index (χ4n) is 4.04. The van der Waals surface area contributed by atoms with Gasteiger partial charge in [0, 0.05) is 18.3 Å². The van der Waals surface area contributed by atoms with Crippen LogP contribution in [0.5, 0.6) is 6.01 Å². The molecule has 9 heteroatoms. The quantitative estimate of drug-likeness (QED) is 0.450. The Labute approximate surface area is 202 Å². The Kier molecular flexibility index (Phi) is 7.14. The molecule has 1 aliphatic heterocycles. The van der Waals surface area contributed by atoms with Gasteiger partial charge in [-0.3, -0.25) is 9.79 Å². The Balaban J connectivity index is 1.73. The molecule has 0 aliphatic carbocycles. The number of carbonyl (C=O) groups excluding carboxylic acids is 2. The lowest BCUT2D eigenvalue weighted by molar-refractivity contribution is -0.130. The van der Waals surface area contributed by atoms with E-state index in [4.69, 9.17) is 9.47 Å². The van der Waals surface area contributed by atoms with E-state index in [0.717, 1.165) is 10.5 Å². The Morgan fingerprint density at radius 3 is 2.37 bits per heavy atom. The summed E-state index contributed by atoms with van der Waals surface area (Å²) in [5.74, 6) is -1.75. The van der Waals surface area contributed by atoms with Gasteiger partial charge in [-0.25, -0.2) is 24.1 Å². The summed E-state index contributed by atoms with van der Waals surface area (Å²) in [6, 6.07) is 13.3. The summed E-state index contributed by atoms with van der Waals surface area (Å²) in [5, 5.41) is 0. The van der Waals surface area contributed by atoms with Crippen molar-refractivity contribution >= 4 is 18.7 Å². The van der Waals surface area contributed by atoms with Crippen LogP contribution in [0.3, 0.4) is 0 Å². The van der Waals surface area contributed by atoms with Crippen molar-refractivity contribution in [2.75, 3.05) is 6.61 Å². The Bertz CT molecular complexity index is 1190. The first kappa shape index (κ1) is 24.0. The van der Waals surface area contributed by atoms with Crippen molar-refractivity contribution in [3.8, 4) is 6.01 Å². The lowest BCUT2D eigenvalue weighted by atomic mass is 9.85. The van der Waals surface area contributed by atoms with E-state index in [1.54, 1.807) is 12.1 Å². The highest BCUT2D eigenvalue weighted by molar-refractivity contribution is 5.97. The van der Waals surface area contributed by atoms with Gasteiger partial charge in [0.05, 0.1) is 6.10 Å². The van der Waals surface area contributed by atoms with Gasteiger partial charge in [-0.15, -0.1) is 0 Å². The number of ether oxygens (including phenoxy) is 2.